The fourth-order valence-corrected chi connectivity index (χ4v) is 3.01. The van der Waals surface area contributed by atoms with Crippen molar-refractivity contribution >= 4 is 24.4 Å². The number of hydrogen-bond acceptors (Lipinski definition) is 11. The van der Waals surface area contributed by atoms with E-state index in [1.807, 2.05) is 27.7 Å². The molecular formula is C29H45NO11. The van der Waals surface area contributed by atoms with Crippen molar-refractivity contribution in [2.45, 2.75) is 92.4 Å². The molecule has 0 radical (unpaired) electrons. The van der Waals surface area contributed by atoms with Gasteiger partial charge >= 0.3 is 24.4 Å². The van der Waals surface area contributed by atoms with E-state index in [1.54, 1.807) is 27.7 Å². The van der Waals surface area contributed by atoms with Crippen molar-refractivity contribution in [1.82, 2.24) is 5.32 Å². The van der Waals surface area contributed by atoms with E-state index < -0.39 is 42.2 Å². The molecular weight excluding hydrogens is 538 g/mol. The van der Waals surface area contributed by atoms with Crippen molar-refractivity contribution in [2.24, 2.45) is 11.8 Å². The number of rotatable bonds is 15. The molecule has 1 rings (SSSR count). The molecule has 0 aromatic heterocycles. The molecule has 1 aromatic carbocycles. The van der Waals surface area contributed by atoms with E-state index in [0.717, 1.165) is 12.8 Å². The molecule has 0 saturated heterocycles. The molecule has 0 spiro atoms. The Hall–Kier alpha value is -3.54. The molecule has 41 heavy (non-hydrogen) atoms. The Labute approximate surface area is 241 Å². The van der Waals surface area contributed by atoms with Gasteiger partial charge in [-0.3, -0.25) is 4.79 Å². The monoisotopic (exact) mass is 583 g/mol. The van der Waals surface area contributed by atoms with Crippen LogP contribution in [0.3, 0.4) is 0 Å². The van der Waals surface area contributed by atoms with Gasteiger partial charge in [0.1, 0.15) is 17.7 Å². The summed E-state index contributed by atoms with van der Waals surface area (Å²) in [6.07, 6.45) is -1.94. The predicted molar refractivity (Wildman–Crippen MR) is 149 cm³/mol. The number of ether oxygens (including phenoxy) is 6. The molecule has 0 heterocycles. The summed E-state index contributed by atoms with van der Waals surface area (Å²) >= 11 is 0. The molecule has 0 aliphatic heterocycles. The van der Waals surface area contributed by atoms with Gasteiger partial charge in [0.15, 0.2) is 11.5 Å². The largest absolute Gasteiger partial charge is 0.513 e. The Balaban J connectivity index is 3.00. The number of nitrogens with one attached hydrogen (secondary N) is 1. The van der Waals surface area contributed by atoms with Crippen LogP contribution in [-0.4, -0.2) is 67.0 Å². The minimum atomic E-state index is -1.15. The number of carbonyl (C=O) groups excluding carboxylic acids is 3. The SMILES string of the molecule is CCC(C)COC(=O)Oc1ccc(C[C@H](NCC(C)OC(=O)OC(C)(C)C)C(=O)O)cc1OC(=O)OCC(C)CC. The summed E-state index contributed by atoms with van der Waals surface area (Å²) in [4.78, 5) is 48.4. The summed E-state index contributed by atoms with van der Waals surface area (Å²) in [5.41, 5.74) is -0.273. The Bertz CT molecular complexity index is 1000. The van der Waals surface area contributed by atoms with Gasteiger partial charge in [0.2, 0.25) is 0 Å². The van der Waals surface area contributed by atoms with Crippen molar-refractivity contribution in [3.05, 3.63) is 23.8 Å². The Morgan fingerprint density at radius 3 is 1.88 bits per heavy atom. The molecule has 12 nitrogen and oxygen atoms in total. The molecule has 0 amide bonds. The molecule has 0 saturated carbocycles. The van der Waals surface area contributed by atoms with E-state index in [9.17, 15) is 24.3 Å². The van der Waals surface area contributed by atoms with Crippen LogP contribution in [-0.2, 0) is 30.2 Å². The fourth-order valence-electron chi connectivity index (χ4n) is 3.01. The lowest BCUT2D eigenvalue weighted by molar-refractivity contribution is -0.139. The molecule has 3 unspecified atom stereocenters. The van der Waals surface area contributed by atoms with Gasteiger partial charge in [-0.1, -0.05) is 46.6 Å². The van der Waals surface area contributed by atoms with Crippen molar-refractivity contribution in [3.8, 4) is 11.5 Å². The number of hydrogen-bond donors (Lipinski definition) is 2. The van der Waals surface area contributed by atoms with Gasteiger partial charge in [0, 0.05) is 6.54 Å². The molecule has 1 aromatic rings. The summed E-state index contributed by atoms with van der Waals surface area (Å²) < 4.78 is 31.1. The van der Waals surface area contributed by atoms with E-state index in [2.05, 4.69) is 5.32 Å². The highest BCUT2D eigenvalue weighted by molar-refractivity contribution is 5.74. The summed E-state index contributed by atoms with van der Waals surface area (Å²) in [5, 5.41) is 12.6. The average molecular weight is 584 g/mol. The predicted octanol–water partition coefficient (Wildman–Crippen LogP) is 5.74. The van der Waals surface area contributed by atoms with Crippen molar-refractivity contribution in [3.63, 3.8) is 0 Å². The maximum absolute atomic E-state index is 12.3. The van der Waals surface area contributed by atoms with Crippen molar-refractivity contribution in [1.29, 1.82) is 0 Å². The number of carbonyl (C=O) groups is 4. The first-order chi connectivity index (χ1) is 19.1. The van der Waals surface area contributed by atoms with Crippen LogP contribution in [0.4, 0.5) is 14.4 Å². The number of carboxylic acid groups (broad SMARTS) is 1. The lowest BCUT2D eigenvalue weighted by Gasteiger charge is -2.22. The summed E-state index contributed by atoms with van der Waals surface area (Å²) in [6, 6.07) is 3.22. The number of aliphatic carboxylic acids is 1. The first-order valence-electron chi connectivity index (χ1n) is 13.8. The third-order valence-electron chi connectivity index (χ3n) is 5.84. The molecule has 12 heteroatoms. The van der Waals surface area contributed by atoms with Crippen molar-refractivity contribution < 1.29 is 52.7 Å². The molecule has 0 aliphatic carbocycles. The highest BCUT2D eigenvalue weighted by Crippen LogP contribution is 2.30. The highest BCUT2D eigenvalue weighted by atomic mass is 16.7. The second-order valence-electron chi connectivity index (χ2n) is 11.0. The van der Waals surface area contributed by atoms with Gasteiger partial charge in [0.05, 0.1) is 13.2 Å². The lowest BCUT2D eigenvalue weighted by Crippen LogP contribution is -2.43. The van der Waals surface area contributed by atoms with Crippen LogP contribution >= 0.6 is 0 Å². The summed E-state index contributed by atoms with van der Waals surface area (Å²) in [7, 11) is 0. The zero-order valence-corrected chi connectivity index (χ0v) is 25.3. The number of carboxylic acids is 1. The van der Waals surface area contributed by atoms with Crippen LogP contribution in [0.2, 0.25) is 0 Å². The van der Waals surface area contributed by atoms with E-state index in [-0.39, 0.29) is 49.5 Å². The highest BCUT2D eigenvalue weighted by Gasteiger charge is 2.24. The second-order valence-corrected chi connectivity index (χ2v) is 11.0. The third kappa shape index (κ3) is 15.1. The first kappa shape index (κ1) is 35.5. The van der Waals surface area contributed by atoms with Crippen LogP contribution in [0.1, 0.15) is 73.8 Å². The van der Waals surface area contributed by atoms with Gasteiger partial charge < -0.3 is 38.8 Å². The zero-order chi connectivity index (χ0) is 31.2. The van der Waals surface area contributed by atoms with Gasteiger partial charge in [-0.15, -0.1) is 0 Å². The summed E-state index contributed by atoms with van der Waals surface area (Å²) in [6.45, 7) is 14.8. The van der Waals surface area contributed by atoms with Gasteiger partial charge in [-0.05, 0) is 63.6 Å². The van der Waals surface area contributed by atoms with Gasteiger partial charge in [-0.25, -0.2) is 14.4 Å². The zero-order valence-electron chi connectivity index (χ0n) is 25.3. The van der Waals surface area contributed by atoms with Crippen LogP contribution in [0.15, 0.2) is 18.2 Å². The first-order valence-corrected chi connectivity index (χ1v) is 13.8. The maximum Gasteiger partial charge on any atom is 0.513 e. The summed E-state index contributed by atoms with van der Waals surface area (Å²) in [5.74, 6) is -1.14. The molecule has 0 aliphatic rings. The van der Waals surface area contributed by atoms with E-state index in [4.69, 9.17) is 28.4 Å². The Morgan fingerprint density at radius 2 is 1.39 bits per heavy atom. The van der Waals surface area contributed by atoms with Crippen LogP contribution in [0, 0.1) is 11.8 Å². The minimum Gasteiger partial charge on any atom is -0.480 e. The second kappa shape index (κ2) is 17.3. The van der Waals surface area contributed by atoms with Gasteiger partial charge in [-0.2, -0.15) is 0 Å². The van der Waals surface area contributed by atoms with E-state index in [0.29, 0.717) is 5.56 Å². The lowest BCUT2D eigenvalue weighted by atomic mass is 10.0. The molecule has 4 atom stereocenters. The van der Waals surface area contributed by atoms with Crippen LogP contribution < -0.4 is 14.8 Å². The average Bonchev–Trinajstić information content (AvgIpc) is 2.88. The van der Waals surface area contributed by atoms with E-state index in [1.165, 1.54) is 18.2 Å². The molecule has 0 bridgehead atoms. The quantitative estimate of drug-likeness (QED) is 0.147. The molecule has 0 fully saturated rings. The van der Waals surface area contributed by atoms with Crippen LogP contribution in [0.25, 0.3) is 0 Å². The van der Waals surface area contributed by atoms with Crippen LogP contribution in [0.5, 0.6) is 11.5 Å². The smallest absolute Gasteiger partial charge is 0.480 e. The van der Waals surface area contributed by atoms with Gasteiger partial charge in [0.25, 0.3) is 0 Å². The third-order valence-corrected chi connectivity index (χ3v) is 5.84. The molecule has 232 valence electrons. The fraction of sp³-hybridized carbons (Fsp3) is 0.655. The maximum atomic E-state index is 12.3. The Kier molecular flexibility index (Phi) is 15.0. The standard InChI is InChI=1S/C29H45NO11/c1-9-18(3)16-36-26(33)39-23-12-11-21(14-24(23)40-27(34)37-17-19(4)10-2)13-22(25(31)32)30-15-20(5)38-28(35)41-29(6,7)8/h11-12,14,18-20,22,30H,9-10,13,15-17H2,1-8H3,(H,31,32)/t18?,19?,20?,22-/m0/s1. The van der Waals surface area contributed by atoms with Crippen molar-refractivity contribution in [2.75, 3.05) is 19.8 Å². The topological polar surface area (TPSA) is 156 Å². The minimum absolute atomic E-state index is 0.0325. The number of benzene rings is 1. The van der Waals surface area contributed by atoms with E-state index >= 15 is 0 Å². The Morgan fingerprint density at radius 1 is 0.854 bits per heavy atom. The normalized spacial score (nSPS) is 14.1. The molecule has 2 N–H and O–H groups in total.